The summed E-state index contributed by atoms with van der Waals surface area (Å²) in [6, 6.07) is 6.86. The van der Waals surface area contributed by atoms with Crippen LogP contribution in [0.5, 0.6) is 0 Å². The van der Waals surface area contributed by atoms with Crippen molar-refractivity contribution in [2.45, 2.75) is 6.92 Å². The van der Waals surface area contributed by atoms with Crippen molar-refractivity contribution in [3.63, 3.8) is 0 Å². The van der Waals surface area contributed by atoms with Crippen LogP contribution in [0, 0.1) is 0 Å². The Balaban J connectivity index is 2.25. The SMILES string of the molecule is CCOC(=O)/C(C(N)=S)=C1/NN=C(c2ccc(Cl)cc2)O1. The van der Waals surface area contributed by atoms with Gasteiger partial charge in [-0.25, -0.2) is 10.2 Å². The van der Waals surface area contributed by atoms with Crippen molar-refractivity contribution in [2.24, 2.45) is 10.8 Å². The molecule has 1 heterocycles. The fourth-order valence-electron chi connectivity index (χ4n) is 1.58. The monoisotopic (exact) mass is 325 g/mol. The molecule has 0 bridgehead atoms. The normalized spacial score (nSPS) is 15.6. The molecule has 21 heavy (non-hydrogen) atoms. The summed E-state index contributed by atoms with van der Waals surface area (Å²) in [6.07, 6.45) is 0. The maximum Gasteiger partial charge on any atom is 0.346 e. The van der Waals surface area contributed by atoms with Gasteiger partial charge in [0.05, 0.1) is 6.61 Å². The van der Waals surface area contributed by atoms with Crippen LogP contribution in [0.4, 0.5) is 0 Å². The van der Waals surface area contributed by atoms with E-state index in [0.717, 1.165) is 0 Å². The molecule has 0 fully saturated rings. The lowest BCUT2D eigenvalue weighted by molar-refractivity contribution is -0.138. The number of hydrazone groups is 1. The number of nitrogens with two attached hydrogens (primary N) is 1. The molecule has 0 spiro atoms. The van der Waals surface area contributed by atoms with Gasteiger partial charge in [-0.1, -0.05) is 23.8 Å². The van der Waals surface area contributed by atoms with Gasteiger partial charge in [0, 0.05) is 10.6 Å². The highest BCUT2D eigenvalue weighted by Gasteiger charge is 2.26. The molecule has 1 aromatic carbocycles. The number of halogens is 1. The average Bonchev–Trinajstić information content (AvgIpc) is 2.89. The Morgan fingerprint density at radius 2 is 2.14 bits per heavy atom. The van der Waals surface area contributed by atoms with Crippen LogP contribution in [0.3, 0.4) is 0 Å². The molecule has 1 aliphatic rings. The zero-order valence-corrected chi connectivity index (χ0v) is 12.6. The van der Waals surface area contributed by atoms with Gasteiger partial charge in [-0.05, 0) is 31.2 Å². The average molecular weight is 326 g/mol. The first-order valence-corrected chi connectivity index (χ1v) is 6.80. The number of hydrogen-bond donors (Lipinski definition) is 2. The quantitative estimate of drug-likeness (QED) is 0.497. The van der Waals surface area contributed by atoms with E-state index in [2.05, 4.69) is 10.5 Å². The number of nitrogens with zero attached hydrogens (tertiary/aromatic N) is 1. The molecular formula is C13H12ClN3O3S. The first-order valence-electron chi connectivity index (χ1n) is 6.01. The van der Waals surface area contributed by atoms with Crippen LogP contribution in [0.15, 0.2) is 40.8 Å². The van der Waals surface area contributed by atoms with Crippen molar-refractivity contribution in [1.82, 2.24) is 5.43 Å². The highest BCUT2D eigenvalue weighted by Crippen LogP contribution is 2.17. The van der Waals surface area contributed by atoms with Gasteiger partial charge in [0.25, 0.3) is 0 Å². The zero-order valence-electron chi connectivity index (χ0n) is 11.1. The largest absolute Gasteiger partial charge is 0.462 e. The Morgan fingerprint density at radius 1 is 1.48 bits per heavy atom. The van der Waals surface area contributed by atoms with E-state index in [4.69, 9.17) is 39.0 Å². The summed E-state index contributed by atoms with van der Waals surface area (Å²) in [4.78, 5) is 11.7. The summed E-state index contributed by atoms with van der Waals surface area (Å²) in [5.74, 6) is -0.342. The molecule has 8 heteroatoms. The summed E-state index contributed by atoms with van der Waals surface area (Å²) in [5, 5.41) is 4.58. The predicted molar refractivity (Wildman–Crippen MR) is 82.7 cm³/mol. The molecule has 0 saturated heterocycles. The maximum atomic E-state index is 11.8. The fraction of sp³-hybridized carbons (Fsp3) is 0.154. The van der Waals surface area contributed by atoms with Crippen molar-refractivity contribution in [3.8, 4) is 0 Å². The van der Waals surface area contributed by atoms with Crippen LogP contribution in [0.2, 0.25) is 5.02 Å². The van der Waals surface area contributed by atoms with Crippen LogP contribution >= 0.6 is 23.8 Å². The molecule has 0 unspecified atom stereocenters. The van der Waals surface area contributed by atoms with Gasteiger partial charge in [0.2, 0.25) is 11.8 Å². The van der Waals surface area contributed by atoms with Gasteiger partial charge >= 0.3 is 5.97 Å². The first-order chi connectivity index (χ1) is 10.0. The Labute approximate surface area is 131 Å². The predicted octanol–water partition coefficient (Wildman–Crippen LogP) is 1.68. The summed E-state index contributed by atoms with van der Waals surface area (Å²) < 4.78 is 10.4. The van der Waals surface area contributed by atoms with Gasteiger partial charge in [0.15, 0.2) is 5.57 Å². The van der Waals surface area contributed by atoms with Crippen molar-refractivity contribution in [2.75, 3.05) is 6.61 Å². The third-order valence-electron chi connectivity index (χ3n) is 2.50. The standard InChI is InChI=1S/C13H12ClN3O3S/c1-2-19-13(18)9(10(15)21)12-17-16-11(20-12)7-3-5-8(14)6-4-7/h3-6,17H,2H2,1H3,(H2,15,21)/b12-9-. The number of carbonyl (C=O) groups excluding carboxylic acids is 1. The molecular weight excluding hydrogens is 314 g/mol. The number of thiocarbonyl (C=S) groups is 1. The third kappa shape index (κ3) is 3.50. The number of carbonyl (C=O) groups is 1. The van der Waals surface area contributed by atoms with Gasteiger partial charge in [-0.3, -0.25) is 0 Å². The summed E-state index contributed by atoms with van der Waals surface area (Å²) in [7, 11) is 0. The van der Waals surface area contributed by atoms with E-state index < -0.39 is 5.97 Å². The topological polar surface area (TPSA) is 85.9 Å². The van der Waals surface area contributed by atoms with Crippen LogP contribution in [-0.2, 0) is 14.3 Å². The van der Waals surface area contributed by atoms with E-state index in [1.807, 2.05) is 0 Å². The van der Waals surface area contributed by atoms with E-state index in [9.17, 15) is 4.79 Å². The third-order valence-corrected chi connectivity index (χ3v) is 2.96. The van der Waals surface area contributed by atoms with Gasteiger partial charge in [0.1, 0.15) is 4.99 Å². The number of hydrogen-bond acceptors (Lipinski definition) is 6. The highest BCUT2D eigenvalue weighted by molar-refractivity contribution is 7.80. The molecule has 1 aliphatic heterocycles. The second kappa shape index (κ2) is 6.55. The van der Waals surface area contributed by atoms with Gasteiger partial charge < -0.3 is 15.2 Å². The lowest BCUT2D eigenvalue weighted by atomic mass is 10.2. The molecule has 0 amide bonds. The van der Waals surface area contributed by atoms with E-state index in [-0.39, 0.29) is 28.9 Å². The molecule has 6 nitrogen and oxygen atoms in total. The molecule has 2 rings (SSSR count). The second-order valence-corrected chi connectivity index (χ2v) is 4.80. The van der Waals surface area contributed by atoms with Crippen LogP contribution in [0.25, 0.3) is 0 Å². The van der Waals surface area contributed by atoms with Crippen molar-refractivity contribution >= 4 is 40.7 Å². The summed E-state index contributed by atoms with van der Waals surface area (Å²) in [5.41, 5.74) is 8.75. The highest BCUT2D eigenvalue weighted by atomic mass is 35.5. The number of rotatable bonds is 4. The summed E-state index contributed by atoms with van der Waals surface area (Å²) in [6.45, 7) is 1.88. The van der Waals surface area contributed by atoms with Crippen LogP contribution in [-0.4, -0.2) is 23.5 Å². The minimum absolute atomic E-state index is 0.0471. The molecule has 110 valence electrons. The van der Waals surface area contributed by atoms with E-state index in [1.54, 1.807) is 31.2 Å². The van der Waals surface area contributed by atoms with Gasteiger partial charge in [-0.15, -0.1) is 5.10 Å². The number of esters is 1. The lowest BCUT2D eigenvalue weighted by Gasteiger charge is -2.08. The molecule has 0 aliphatic carbocycles. The smallest absolute Gasteiger partial charge is 0.346 e. The van der Waals surface area contributed by atoms with E-state index in [1.165, 1.54) is 0 Å². The molecule has 0 radical (unpaired) electrons. The second-order valence-electron chi connectivity index (χ2n) is 3.93. The Hall–Kier alpha value is -2.12. The molecule has 0 aromatic heterocycles. The number of benzene rings is 1. The lowest BCUT2D eigenvalue weighted by Crippen LogP contribution is -2.25. The zero-order chi connectivity index (χ0) is 15.4. The van der Waals surface area contributed by atoms with E-state index >= 15 is 0 Å². The van der Waals surface area contributed by atoms with Crippen molar-refractivity contribution in [1.29, 1.82) is 0 Å². The first kappa shape index (κ1) is 15.3. The van der Waals surface area contributed by atoms with Crippen LogP contribution in [0.1, 0.15) is 12.5 Å². The Morgan fingerprint density at radius 3 is 2.71 bits per heavy atom. The molecule has 0 saturated carbocycles. The number of nitrogens with one attached hydrogen (secondary N) is 1. The van der Waals surface area contributed by atoms with Crippen LogP contribution < -0.4 is 11.2 Å². The maximum absolute atomic E-state index is 11.8. The molecule has 3 N–H and O–H groups in total. The Kier molecular flexibility index (Phi) is 4.77. The number of ether oxygens (including phenoxy) is 2. The molecule has 1 aromatic rings. The molecule has 0 atom stereocenters. The fourth-order valence-corrected chi connectivity index (χ4v) is 1.88. The van der Waals surface area contributed by atoms with Crippen molar-refractivity contribution < 1.29 is 14.3 Å². The van der Waals surface area contributed by atoms with Crippen molar-refractivity contribution in [3.05, 3.63) is 46.3 Å². The van der Waals surface area contributed by atoms with E-state index in [0.29, 0.717) is 10.6 Å². The Bertz CT molecular complexity index is 641. The minimum Gasteiger partial charge on any atom is -0.462 e. The van der Waals surface area contributed by atoms with Gasteiger partial charge in [-0.2, -0.15) is 0 Å². The minimum atomic E-state index is -0.667. The summed E-state index contributed by atoms with van der Waals surface area (Å²) >= 11 is 10.7.